The van der Waals surface area contributed by atoms with Gasteiger partial charge in [-0.05, 0) is 24.7 Å². The first-order valence-corrected chi connectivity index (χ1v) is 9.74. The molecule has 1 amide bonds. The van der Waals surface area contributed by atoms with Crippen molar-refractivity contribution >= 4 is 11.7 Å². The van der Waals surface area contributed by atoms with Gasteiger partial charge in [-0.3, -0.25) is 9.78 Å². The van der Waals surface area contributed by atoms with E-state index >= 15 is 0 Å². The van der Waals surface area contributed by atoms with Crippen molar-refractivity contribution in [2.45, 2.75) is 6.54 Å². The number of aromatic nitrogens is 3. The molecule has 1 aliphatic heterocycles. The van der Waals surface area contributed by atoms with Crippen LogP contribution in [0.25, 0.3) is 11.4 Å². The Kier molecular flexibility index (Phi) is 5.76. The van der Waals surface area contributed by atoms with Gasteiger partial charge in [0.15, 0.2) is 5.82 Å². The number of hydrogen-bond donors (Lipinski definition) is 1. The van der Waals surface area contributed by atoms with E-state index in [1.165, 1.54) is 0 Å². The van der Waals surface area contributed by atoms with Crippen molar-refractivity contribution in [2.24, 2.45) is 0 Å². The van der Waals surface area contributed by atoms with Crippen LogP contribution in [0.1, 0.15) is 15.9 Å². The van der Waals surface area contributed by atoms with E-state index in [4.69, 9.17) is 4.98 Å². The molecular formula is C22H24N6O. The lowest BCUT2D eigenvalue weighted by Crippen LogP contribution is -2.45. The number of carbonyl (C=O) groups excluding carboxylic acids is 1. The highest BCUT2D eigenvalue weighted by Gasteiger charge is 2.23. The summed E-state index contributed by atoms with van der Waals surface area (Å²) in [6.07, 6.45) is 5.08. The van der Waals surface area contributed by atoms with Gasteiger partial charge in [0.2, 0.25) is 0 Å². The molecule has 1 fully saturated rings. The number of anilines is 1. The zero-order chi connectivity index (χ0) is 20.1. The number of likely N-dealkylation sites (N-methyl/N-ethyl adjacent to an activating group) is 1. The highest BCUT2D eigenvalue weighted by atomic mass is 16.1. The number of carbonyl (C=O) groups is 1. The lowest BCUT2D eigenvalue weighted by Gasteiger charge is -2.34. The third-order valence-electron chi connectivity index (χ3n) is 5.05. The Balaban J connectivity index is 1.62. The summed E-state index contributed by atoms with van der Waals surface area (Å²) in [5.74, 6) is 1.15. The molecule has 0 saturated carbocycles. The predicted molar refractivity (Wildman–Crippen MR) is 113 cm³/mol. The van der Waals surface area contributed by atoms with Crippen LogP contribution in [0.4, 0.5) is 5.82 Å². The Bertz CT molecular complexity index is 956. The molecule has 3 heterocycles. The van der Waals surface area contributed by atoms with Gasteiger partial charge in [0.05, 0.1) is 0 Å². The molecule has 3 aromatic rings. The first kappa shape index (κ1) is 19.0. The van der Waals surface area contributed by atoms with E-state index in [0.29, 0.717) is 23.8 Å². The second kappa shape index (κ2) is 8.79. The molecule has 29 heavy (non-hydrogen) atoms. The van der Waals surface area contributed by atoms with Crippen LogP contribution in [-0.2, 0) is 6.54 Å². The fourth-order valence-electron chi connectivity index (χ4n) is 3.30. The smallest absolute Gasteiger partial charge is 0.256 e. The van der Waals surface area contributed by atoms with Gasteiger partial charge in [0.1, 0.15) is 11.4 Å². The summed E-state index contributed by atoms with van der Waals surface area (Å²) >= 11 is 0. The van der Waals surface area contributed by atoms with Crippen molar-refractivity contribution in [2.75, 3.05) is 38.1 Å². The molecule has 0 radical (unpaired) electrons. The van der Waals surface area contributed by atoms with Gasteiger partial charge in [-0.1, -0.05) is 30.3 Å². The van der Waals surface area contributed by atoms with Crippen LogP contribution in [0, 0.1) is 0 Å². The Morgan fingerprint density at radius 3 is 2.48 bits per heavy atom. The molecule has 0 bridgehead atoms. The molecule has 1 saturated heterocycles. The maximum Gasteiger partial charge on any atom is 0.256 e. The molecule has 7 heteroatoms. The van der Waals surface area contributed by atoms with E-state index in [0.717, 1.165) is 37.3 Å². The minimum absolute atomic E-state index is 0.171. The Morgan fingerprint density at radius 1 is 1.03 bits per heavy atom. The van der Waals surface area contributed by atoms with Crippen molar-refractivity contribution in [3.8, 4) is 11.4 Å². The van der Waals surface area contributed by atoms with Crippen LogP contribution in [0.3, 0.4) is 0 Å². The van der Waals surface area contributed by atoms with E-state index < -0.39 is 0 Å². The van der Waals surface area contributed by atoms with Gasteiger partial charge in [-0.25, -0.2) is 9.97 Å². The molecule has 0 spiro atoms. The summed E-state index contributed by atoms with van der Waals surface area (Å²) in [5, 5.41) is 2.98. The van der Waals surface area contributed by atoms with Gasteiger partial charge in [0, 0.05) is 56.9 Å². The SMILES string of the molecule is CN1CCN(c2nc(-c3ccccc3)ncc2C(=O)NCc2ccncc2)CC1. The minimum Gasteiger partial charge on any atom is -0.353 e. The van der Waals surface area contributed by atoms with Crippen LogP contribution in [0.5, 0.6) is 0 Å². The molecule has 1 N–H and O–H groups in total. The van der Waals surface area contributed by atoms with Crippen molar-refractivity contribution < 1.29 is 4.79 Å². The highest BCUT2D eigenvalue weighted by Crippen LogP contribution is 2.23. The van der Waals surface area contributed by atoms with E-state index in [1.54, 1.807) is 18.6 Å². The molecule has 1 aromatic carbocycles. The second-order valence-electron chi connectivity index (χ2n) is 7.13. The number of pyridine rings is 1. The third kappa shape index (κ3) is 4.57. The average Bonchev–Trinajstić information content (AvgIpc) is 2.79. The fraction of sp³-hybridized carbons (Fsp3) is 0.273. The molecule has 2 aromatic heterocycles. The topological polar surface area (TPSA) is 74.2 Å². The Hall–Kier alpha value is -3.32. The molecule has 4 rings (SSSR count). The van der Waals surface area contributed by atoms with Crippen molar-refractivity contribution in [3.05, 3.63) is 72.2 Å². The zero-order valence-electron chi connectivity index (χ0n) is 16.5. The molecular weight excluding hydrogens is 364 g/mol. The molecule has 148 valence electrons. The Morgan fingerprint density at radius 2 is 1.76 bits per heavy atom. The summed E-state index contributed by atoms with van der Waals surface area (Å²) < 4.78 is 0. The predicted octanol–water partition coefficient (Wildman–Crippen LogP) is 2.22. The number of rotatable bonds is 5. The van der Waals surface area contributed by atoms with Crippen molar-refractivity contribution in [3.63, 3.8) is 0 Å². The van der Waals surface area contributed by atoms with Gasteiger partial charge in [0.25, 0.3) is 5.91 Å². The third-order valence-corrected chi connectivity index (χ3v) is 5.05. The van der Waals surface area contributed by atoms with E-state index in [-0.39, 0.29) is 5.91 Å². The van der Waals surface area contributed by atoms with Crippen molar-refractivity contribution in [1.82, 2.24) is 25.2 Å². The summed E-state index contributed by atoms with van der Waals surface area (Å²) in [4.78, 5) is 30.7. The van der Waals surface area contributed by atoms with E-state index in [1.807, 2.05) is 42.5 Å². The molecule has 0 atom stereocenters. The van der Waals surface area contributed by atoms with Gasteiger partial charge in [-0.15, -0.1) is 0 Å². The van der Waals surface area contributed by atoms with Gasteiger partial charge >= 0.3 is 0 Å². The largest absolute Gasteiger partial charge is 0.353 e. The van der Waals surface area contributed by atoms with E-state index in [9.17, 15) is 4.79 Å². The maximum atomic E-state index is 12.9. The number of benzene rings is 1. The summed E-state index contributed by atoms with van der Waals surface area (Å²) in [5.41, 5.74) is 2.44. The molecule has 7 nitrogen and oxygen atoms in total. The fourth-order valence-corrected chi connectivity index (χ4v) is 3.30. The standard InChI is InChI=1S/C22H24N6O/c1-27-11-13-28(14-12-27)21-19(22(29)25-15-17-7-9-23-10-8-17)16-24-20(26-21)18-5-3-2-4-6-18/h2-10,16H,11-15H2,1H3,(H,25,29). The number of hydrogen-bond acceptors (Lipinski definition) is 6. The summed E-state index contributed by atoms with van der Waals surface area (Å²) in [6, 6.07) is 13.6. The summed E-state index contributed by atoms with van der Waals surface area (Å²) in [6.45, 7) is 3.95. The number of amides is 1. The Labute approximate surface area is 170 Å². The lowest BCUT2D eigenvalue weighted by molar-refractivity contribution is 0.0950. The van der Waals surface area contributed by atoms with Crippen LogP contribution >= 0.6 is 0 Å². The first-order chi connectivity index (χ1) is 14.2. The second-order valence-corrected chi connectivity index (χ2v) is 7.13. The van der Waals surface area contributed by atoms with Gasteiger partial charge in [-0.2, -0.15) is 0 Å². The van der Waals surface area contributed by atoms with Crippen LogP contribution in [-0.4, -0.2) is 59.0 Å². The van der Waals surface area contributed by atoms with Crippen LogP contribution in [0.15, 0.2) is 61.1 Å². The monoisotopic (exact) mass is 388 g/mol. The quantitative estimate of drug-likeness (QED) is 0.722. The van der Waals surface area contributed by atoms with Crippen LogP contribution in [0.2, 0.25) is 0 Å². The number of nitrogens with one attached hydrogen (secondary N) is 1. The van der Waals surface area contributed by atoms with Crippen LogP contribution < -0.4 is 10.2 Å². The number of nitrogens with zero attached hydrogens (tertiary/aromatic N) is 5. The van der Waals surface area contributed by atoms with Crippen molar-refractivity contribution in [1.29, 1.82) is 0 Å². The molecule has 1 aliphatic rings. The highest BCUT2D eigenvalue weighted by molar-refractivity contribution is 5.98. The van der Waals surface area contributed by atoms with Gasteiger partial charge < -0.3 is 15.1 Å². The first-order valence-electron chi connectivity index (χ1n) is 9.74. The molecule has 0 unspecified atom stereocenters. The zero-order valence-corrected chi connectivity index (χ0v) is 16.5. The number of piperazine rings is 1. The summed E-state index contributed by atoms with van der Waals surface area (Å²) in [7, 11) is 2.11. The molecule has 0 aliphatic carbocycles. The minimum atomic E-state index is -0.171. The maximum absolute atomic E-state index is 12.9. The lowest BCUT2D eigenvalue weighted by atomic mass is 10.2. The normalized spacial score (nSPS) is 14.6. The van der Waals surface area contributed by atoms with E-state index in [2.05, 4.69) is 32.1 Å². The average molecular weight is 388 g/mol.